The van der Waals surface area contributed by atoms with E-state index < -0.39 is 0 Å². The second-order valence-corrected chi connectivity index (χ2v) is 5.77. The molecule has 0 radical (unpaired) electrons. The first-order chi connectivity index (χ1) is 8.15. The van der Waals surface area contributed by atoms with E-state index >= 15 is 0 Å². The van der Waals surface area contributed by atoms with Gasteiger partial charge < -0.3 is 10.2 Å². The van der Waals surface area contributed by atoms with E-state index in [-0.39, 0.29) is 5.82 Å². The number of halogens is 1. The van der Waals surface area contributed by atoms with Crippen molar-refractivity contribution in [3.8, 4) is 0 Å². The largest absolute Gasteiger partial charge is 0.367 e. The van der Waals surface area contributed by atoms with Crippen LogP contribution in [0.3, 0.4) is 0 Å². The van der Waals surface area contributed by atoms with Crippen LogP contribution in [-0.4, -0.2) is 31.9 Å². The number of rotatable bonds is 3. The Morgan fingerprint density at radius 1 is 1.47 bits per heavy atom. The van der Waals surface area contributed by atoms with Gasteiger partial charge >= 0.3 is 0 Å². The minimum absolute atomic E-state index is 0.114. The molecule has 2 unspecified atom stereocenters. The molecule has 0 aliphatic carbocycles. The van der Waals surface area contributed by atoms with Crippen molar-refractivity contribution in [2.75, 3.05) is 25.5 Å². The van der Waals surface area contributed by atoms with Crippen LogP contribution in [0.25, 0.3) is 0 Å². The molecule has 2 rings (SSSR count). The summed E-state index contributed by atoms with van der Waals surface area (Å²) in [6, 6.07) is 5.70. The lowest BCUT2D eigenvalue weighted by Gasteiger charge is -2.39. The Labute approximate surface area is 107 Å². The van der Waals surface area contributed by atoms with Gasteiger partial charge in [-0.1, -0.05) is 6.07 Å². The number of thioether (sulfide) groups is 1. The number of nitrogens with zero attached hydrogens (tertiary/aromatic N) is 1. The van der Waals surface area contributed by atoms with E-state index in [1.165, 1.54) is 6.07 Å². The van der Waals surface area contributed by atoms with Crippen molar-refractivity contribution in [2.24, 2.45) is 0 Å². The van der Waals surface area contributed by atoms with Gasteiger partial charge in [-0.3, -0.25) is 0 Å². The second-order valence-electron chi connectivity index (χ2n) is 4.49. The number of benzene rings is 1. The molecule has 2 atom stereocenters. The van der Waals surface area contributed by atoms with Crippen LogP contribution >= 0.6 is 11.8 Å². The Balaban J connectivity index is 2.26. The summed E-state index contributed by atoms with van der Waals surface area (Å²) in [4.78, 5) is 3.13. The van der Waals surface area contributed by atoms with Gasteiger partial charge in [-0.2, -0.15) is 0 Å². The topological polar surface area (TPSA) is 15.3 Å². The highest BCUT2D eigenvalue weighted by molar-refractivity contribution is 8.00. The summed E-state index contributed by atoms with van der Waals surface area (Å²) >= 11 is 1.80. The monoisotopic (exact) mass is 254 g/mol. The van der Waals surface area contributed by atoms with Gasteiger partial charge in [-0.15, -0.1) is 11.8 Å². The van der Waals surface area contributed by atoms with Crippen LogP contribution in [0.1, 0.15) is 13.3 Å². The van der Waals surface area contributed by atoms with Crippen molar-refractivity contribution in [3.63, 3.8) is 0 Å². The first-order valence-corrected chi connectivity index (χ1v) is 6.85. The molecule has 4 heteroatoms. The molecule has 0 saturated carbocycles. The lowest BCUT2D eigenvalue weighted by atomic mass is 10.1. The van der Waals surface area contributed by atoms with Gasteiger partial charge in [0, 0.05) is 23.2 Å². The summed E-state index contributed by atoms with van der Waals surface area (Å²) in [7, 11) is 3.95. The summed E-state index contributed by atoms with van der Waals surface area (Å²) in [5.74, 6) is -0.114. The zero-order chi connectivity index (χ0) is 12.4. The molecule has 0 fully saturated rings. The molecule has 1 heterocycles. The molecule has 0 spiro atoms. The highest BCUT2D eigenvalue weighted by Gasteiger charge is 2.31. The first-order valence-electron chi connectivity index (χ1n) is 5.97. The third-order valence-electron chi connectivity index (χ3n) is 3.41. The summed E-state index contributed by atoms with van der Waals surface area (Å²) in [5.41, 5.74) is 0.755. The number of hydrogen-bond acceptors (Lipinski definition) is 3. The van der Waals surface area contributed by atoms with Crippen LogP contribution in [0.15, 0.2) is 23.1 Å². The molecular formula is C13H19FN2S. The smallest absolute Gasteiger partial charge is 0.147 e. The van der Waals surface area contributed by atoms with E-state index in [9.17, 15) is 4.39 Å². The molecule has 1 aromatic carbocycles. The van der Waals surface area contributed by atoms with E-state index in [0.717, 1.165) is 23.5 Å². The molecule has 17 heavy (non-hydrogen) atoms. The van der Waals surface area contributed by atoms with Gasteiger partial charge in [0.15, 0.2) is 0 Å². The molecule has 0 bridgehead atoms. The highest BCUT2D eigenvalue weighted by atomic mass is 32.2. The molecule has 1 N–H and O–H groups in total. The number of para-hydroxylation sites is 1. The van der Waals surface area contributed by atoms with Crippen LogP contribution in [0.4, 0.5) is 10.1 Å². The third-order valence-corrected chi connectivity index (χ3v) is 4.92. The van der Waals surface area contributed by atoms with Crippen LogP contribution in [0.2, 0.25) is 0 Å². The fraction of sp³-hybridized carbons (Fsp3) is 0.538. The molecular weight excluding hydrogens is 235 g/mol. The number of hydrogen-bond donors (Lipinski definition) is 1. The van der Waals surface area contributed by atoms with Crippen molar-refractivity contribution >= 4 is 17.4 Å². The quantitative estimate of drug-likeness (QED) is 0.893. The molecule has 1 aliphatic heterocycles. The van der Waals surface area contributed by atoms with Crippen LogP contribution in [0.5, 0.6) is 0 Å². The summed E-state index contributed by atoms with van der Waals surface area (Å²) in [6.45, 7) is 3.17. The molecule has 2 nitrogen and oxygen atoms in total. The molecule has 1 aromatic rings. The zero-order valence-corrected chi connectivity index (χ0v) is 11.4. The van der Waals surface area contributed by atoms with Gasteiger partial charge in [-0.25, -0.2) is 4.39 Å². The summed E-state index contributed by atoms with van der Waals surface area (Å²) < 4.78 is 13.8. The zero-order valence-electron chi connectivity index (χ0n) is 10.5. The van der Waals surface area contributed by atoms with Gasteiger partial charge in [-0.05, 0) is 39.1 Å². The average Bonchev–Trinajstić information content (AvgIpc) is 2.32. The molecule has 94 valence electrons. The first kappa shape index (κ1) is 12.7. The van der Waals surface area contributed by atoms with E-state index in [1.807, 2.05) is 20.2 Å². The second kappa shape index (κ2) is 5.27. The third kappa shape index (κ3) is 2.43. The van der Waals surface area contributed by atoms with E-state index in [0.29, 0.717) is 11.3 Å². The number of fused-ring (bicyclic) bond motifs is 1. The van der Waals surface area contributed by atoms with Crippen molar-refractivity contribution in [1.29, 1.82) is 0 Å². The Bertz CT molecular complexity index is 397. The molecule has 0 amide bonds. The Kier molecular flexibility index (Phi) is 3.94. The van der Waals surface area contributed by atoms with Crippen LogP contribution in [0, 0.1) is 5.82 Å². The Morgan fingerprint density at radius 3 is 2.94 bits per heavy atom. The fourth-order valence-corrected chi connectivity index (χ4v) is 3.69. The lowest BCUT2D eigenvalue weighted by molar-refractivity contribution is 0.559. The van der Waals surface area contributed by atoms with E-state index in [4.69, 9.17) is 0 Å². The van der Waals surface area contributed by atoms with Gasteiger partial charge in [0.2, 0.25) is 0 Å². The lowest BCUT2D eigenvalue weighted by Crippen LogP contribution is -2.42. The van der Waals surface area contributed by atoms with Gasteiger partial charge in [0.05, 0.1) is 5.69 Å². The maximum atomic E-state index is 13.8. The highest BCUT2D eigenvalue weighted by Crippen LogP contribution is 2.43. The van der Waals surface area contributed by atoms with Crippen molar-refractivity contribution in [2.45, 2.75) is 29.5 Å². The minimum atomic E-state index is -0.114. The van der Waals surface area contributed by atoms with Gasteiger partial charge in [0.1, 0.15) is 5.82 Å². The van der Waals surface area contributed by atoms with Crippen LogP contribution < -0.4 is 10.2 Å². The maximum absolute atomic E-state index is 13.8. The Morgan fingerprint density at radius 2 is 2.24 bits per heavy atom. The maximum Gasteiger partial charge on any atom is 0.147 e. The number of nitrogens with one attached hydrogen (secondary N) is 1. The average molecular weight is 254 g/mol. The number of anilines is 1. The van der Waals surface area contributed by atoms with Crippen molar-refractivity contribution in [1.82, 2.24) is 5.32 Å². The van der Waals surface area contributed by atoms with E-state index in [1.54, 1.807) is 17.8 Å². The fourth-order valence-electron chi connectivity index (χ4n) is 2.23. The molecule has 0 saturated heterocycles. The normalized spacial score (nSPS) is 23.6. The van der Waals surface area contributed by atoms with Crippen molar-refractivity contribution < 1.29 is 4.39 Å². The predicted molar refractivity (Wildman–Crippen MR) is 72.5 cm³/mol. The van der Waals surface area contributed by atoms with Crippen molar-refractivity contribution in [3.05, 3.63) is 24.0 Å². The predicted octanol–water partition coefficient (Wildman–Crippen LogP) is 2.73. The van der Waals surface area contributed by atoms with E-state index in [2.05, 4.69) is 17.1 Å². The molecule has 1 aliphatic rings. The minimum Gasteiger partial charge on any atom is -0.367 e. The summed E-state index contributed by atoms with van der Waals surface area (Å²) in [6.07, 6.45) is 1.10. The SMILES string of the molecule is CNCCC1Sc2cccc(F)c2N(C)C1C. The standard InChI is InChI=1S/C13H19FN2S/c1-9-11(7-8-15-2)17-12-6-4-5-10(14)13(12)16(9)3/h4-6,9,11,15H,7-8H2,1-3H3. The Hall–Kier alpha value is -0.740. The van der Waals surface area contributed by atoms with Crippen LogP contribution in [-0.2, 0) is 0 Å². The van der Waals surface area contributed by atoms with Gasteiger partial charge in [0.25, 0.3) is 0 Å². The summed E-state index contributed by atoms with van der Waals surface area (Å²) in [5, 5.41) is 3.70. The molecule has 0 aromatic heterocycles.